The summed E-state index contributed by atoms with van der Waals surface area (Å²) in [5.74, 6) is 1.91. The quantitative estimate of drug-likeness (QED) is 0.691. The van der Waals surface area contributed by atoms with Gasteiger partial charge < -0.3 is 9.73 Å². The second-order valence-electron chi connectivity index (χ2n) is 3.02. The number of nitrogens with one attached hydrogen (secondary N) is 1. The van der Waals surface area contributed by atoms with Crippen LogP contribution in [0.1, 0.15) is 18.2 Å². The number of hydrogen-bond donors (Lipinski definition) is 1. The molecule has 0 spiro atoms. The molecule has 80 valence electrons. The molecule has 1 atom stereocenters. The molecule has 0 aliphatic carbocycles. The molecule has 6 heteroatoms. The van der Waals surface area contributed by atoms with Crippen LogP contribution in [0.2, 0.25) is 0 Å². The molecule has 5 nitrogen and oxygen atoms in total. The summed E-state index contributed by atoms with van der Waals surface area (Å²) in [6.07, 6.45) is 2.61. The number of hydrogen-bond acceptors (Lipinski definition) is 5. The average molecular weight is 217 g/mol. The fourth-order valence-electron chi connectivity index (χ4n) is 1.00. The van der Waals surface area contributed by atoms with Crippen LogP contribution in [-0.4, -0.2) is 33.0 Å². The van der Waals surface area contributed by atoms with E-state index in [1.807, 2.05) is 0 Å². The van der Waals surface area contributed by atoms with Crippen LogP contribution >= 0.6 is 0 Å². The first-order valence-corrected chi connectivity index (χ1v) is 6.21. The zero-order valence-electron chi connectivity index (χ0n) is 8.45. The average Bonchev–Trinajstić information content (AvgIpc) is 2.50. The zero-order valence-corrected chi connectivity index (χ0v) is 9.26. The van der Waals surface area contributed by atoms with Crippen LogP contribution in [0.15, 0.2) is 4.42 Å². The second-order valence-corrected chi connectivity index (χ2v) is 4.58. The van der Waals surface area contributed by atoms with E-state index in [2.05, 4.69) is 15.5 Å². The number of nitrogens with zero attached hydrogens (tertiary/aromatic N) is 2. The molecule has 1 aromatic heterocycles. The molecule has 0 amide bonds. The van der Waals surface area contributed by atoms with Crippen molar-refractivity contribution >= 4 is 10.8 Å². The molecular formula is C8H15N3O2S. The molecule has 1 unspecified atom stereocenters. The molecule has 0 aliphatic rings. The van der Waals surface area contributed by atoms with E-state index in [-0.39, 0.29) is 0 Å². The monoisotopic (exact) mass is 217 g/mol. The van der Waals surface area contributed by atoms with Gasteiger partial charge >= 0.3 is 0 Å². The highest BCUT2D eigenvalue weighted by molar-refractivity contribution is 7.84. The molecule has 0 saturated heterocycles. The van der Waals surface area contributed by atoms with E-state index in [0.29, 0.717) is 18.3 Å². The molecule has 0 saturated carbocycles. The highest BCUT2D eigenvalue weighted by Gasteiger charge is 2.00. The summed E-state index contributed by atoms with van der Waals surface area (Å²) in [7, 11) is -0.701. The SMILES string of the molecule is Cc1nnc(CNCCCS(C)=O)o1. The van der Waals surface area contributed by atoms with Gasteiger partial charge in [0.1, 0.15) is 0 Å². The van der Waals surface area contributed by atoms with Crippen LogP contribution in [0.25, 0.3) is 0 Å². The standard InChI is InChI=1S/C8H15N3O2S/c1-7-10-11-8(13-7)6-9-4-3-5-14(2)12/h9H,3-6H2,1-2H3. The summed E-state index contributed by atoms with van der Waals surface area (Å²) in [6, 6.07) is 0. The van der Waals surface area contributed by atoms with E-state index in [9.17, 15) is 4.21 Å². The van der Waals surface area contributed by atoms with Crippen LogP contribution in [0.5, 0.6) is 0 Å². The molecule has 0 aliphatic heterocycles. The Morgan fingerprint density at radius 2 is 2.29 bits per heavy atom. The lowest BCUT2D eigenvalue weighted by Gasteiger charge is -1.99. The van der Waals surface area contributed by atoms with Gasteiger partial charge in [0.05, 0.1) is 6.54 Å². The summed E-state index contributed by atoms with van der Waals surface area (Å²) >= 11 is 0. The highest BCUT2D eigenvalue weighted by atomic mass is 32.2. The van der Waals surface area contributed by atoms with E-state index in [0.717, 1.165) is 18.7 Å². The van der Waals surface area contributed by atoms with Gasteiger partial charge in [-0.1, -0.05) is 0 Å². The third-order valence-corrected chi connectivity index (χ3v) is 2.49. The molecule has 1 aromatic rings. The van der Waals surface area contributed by atoms with E-state index in [4.69, 9.17) is 4.42 Å². The first-order valence-electron chi connectivity index (χ1n) is 4.48. The van der Waals surface area contributed by atoms with Gasteiger partial charge in [-0.25, -0.2) is 0 Å². The topological polar surface area (TPSA) is 68.0 Å². The number of rotatable bonds is 6. The Labute approximate surface area is 85.7 Å². The molecule has 0 radical (unpaired) electrons. The molecule has 14 heavy (non-hydrogen) atoms. The van der Waals surface area contributed by atoms with Crippen molar-refractivity contribution in [3.8, 4) is 0 Å². The first kappa shape index (κ1) is 11.3. The maximum Gasteiger partial charge on any atom is 0.230 e. The van der Waals surface area contributed by atoms with Crippen molar-refractivity contribution in [3.05, 3.63) is 11.8 Å². The maximum atomic E-state index is 10.7. The predicted molar refractivity (Wildman–Crippen MR) is 54.3 cm³/mol. The van der Waals surface area contributed by atoms with Crippen molar-refractivity contribution in [2.45, 2.75) is 19.9 Å². The Hall–Kier alpha value is -0.750. The van der Waals surface area contributed by atoms with Gasteiger partial charge in [0, 0.05) is 29.7 Å². The van der Waals surface area contributed by atoms with E-state index in [1.165, 1.54) is 0 Å². The van der Waals surface area contributed by atoms with Gasteiger partial charge in [-0.3, -0.25) is 4.21 Å². The number of aryl methyl sites for hydroxylation is 1. The molecule has 0 fully saturated rings. The fraction of sp³-hybridized carbons (Fsp3) is 0.750. The highest BCUT2D eigenvalue weighted by Crippen LogP contribution is 1.96. The molecule has 0 bridgehead atoms. The summed E-state index contributed by atoms with van der Waals surface area (Å²) in [6.45, 7) is 3.16. The van der Waals surface area contributed by atoms with Gasteiger partial charge in [0.15, 0.2) is 0 Å². The Bertz CT molecular complexity index is 301. The first-order chi connectivity index (χ1) is 6.68. The minimum atomic E-state index is -0.701. The lowest BCUT2D eigenvalue weighted by molar-refractivity contribution is 0.447. The van der Waals surface area contributed by atoms with Crippen molar-refractivity contribution in [1.82, 2.24) is 15.5 Å². The van der Waals surface area contributed by atoms with Crippen molar-refractivity contribution in [3.63, 3.8) is 0 Å². The smallest absolute Gasteiger partial charge is 0.230 e. The Balaban J connectivity index is 2.07. The van der Waals surface area contributed by atoms with E-state index in [1.54, 1.807) is 13.2 Å². The molecule has 1 N–H and O–H groups in total. The molecule has 1 rings (SSSR count). The normalized spacial score (nSPS) is 13.0. The third-order valence-electron chi connectivity index (χ3n) is 1.63. The van der Waals surface area contributed by atoms with Gasteiger partial charge in [0.2, 0.25) is 11.8 Å². The Morgan fingerprint density at radius 1 is 1.50 bits per heavy atom. The van der Waals surface area contributed by atoms with Crippen LogP contribution in [-0.2, 0) is 17.3 Å². The molecule has 0 aromatic carbocycles. The fourth-order valence-corrected chi connectivity index (χ4v) is 1.56. The summed E-state index contributed by atoms with van der Waals surface area (Å²) < 4.78 is 15.9. The molecular weight excluding hydrogens is 202 g/mol. The van der Waals surface area contributed by atoms with Crippen LogP contribution in [0.3, 0.4) is 0 Å². The van der Waals surface area contributed by atoms with E-state index >= 15 is 0 Å². The predicted octanol–water partition coefficient (Wildman–Crippen LogP) is 0.236. The van der Waals surface area contributed by atoms with Gasteiger partial charge in [-0.2, -0.15) is 0 Å². The lowest BCUT2D eigenvalue weighted by atomic mass is 10.5. The largest absolute Gasteiger partial charge is 0.424 e. The van der Waals surface area contributed by atoms with Gasteiger partial charge in [0.25, 0.3) is 0 Å². The molecule has 1 heterocycles. The van der Waals surface area contributed by atoms with E-state index < -0.39 is 10.8 Å². The second kappa shape index (κ2) is 5.87. The van der Waals surface area contributed by atoms with Crippen LogP contribution in [0.4, 0.5) is 0 Å². The minimum absolute atomic E-state index is 0.580. The van der Waals surface area contributed by atoms with Crippen LogP contribution < -0.4 is 5.32 Å². The summed E-state index contributed by atoms with van der Waals surface area (Å²) in [4.78, 5) is 0. The van der Waals surface area contributed by atoms with Crippen molar-refractivity contribution in [2.75, 3.05) is 18.6 Å². The van der Waals surface area contributed by atoms with Gasteiger partial charge in [-0.15, -0.1) is 10.2 Å². The zero-order chi connectivity index (χ0) is 10.4. The minimum Gasteiger partial charge on any atom is -0.424 e. The van der Waals surface area contributed by atoms with Crippen molar-refractivity contribution < 1.29 is 8.63 Å². The van der Waals surface area contributed by atoms with Crippen molar-refractivity contribution in [2.24, 2.45) is 0 Å². The third kappa shape index (κ3) is 4.48. The Morgan fingerprint density at radius 3 is 2.86 bits per heavy atom. The van der Waals surface area contributed by atoms with Crippen molar-refractivity contribution in [1.29, 1.82) is 0 Å². The van der Waals surface area contributed by atoms with Crippen LogP contribution in [0, 0.1) is 6.92 Å². The maximum absolute atomic E-state index is 10.7. The number of aromatic nitrogens is 2. The summed E-state index contributed by atoms with van der Waals surface area (Å²) in [5.41, 5.74) is 0. The van der Waals surface area contributed by atoms with Gasteiger partial charge in [-0.05, 0) is 13.0 Å². The summed E-state index contributed by atoms with van der Waals surface area (Å²) in [5, 5.41) is 10.7. The Kier molecular flexibility index (Phi) is 4.75. The lowest BCUT2D eigenvalue weighted by Crippen LogP contribution is -2.16.